The van der Waals surface area contributed by atoms with Crippen molar-refractivity contribution in [3.8, 4) is 0 Å². The summed E-state index contributed by atoms with van der Waals surface area (Å²) in [6.07, 6.45) is 1.08. The molecule has 0 amide bonds. The highest BCUT2D eigenvalue weighted by Gasteiger charge is 2.30. The van der Waals surface area contributed by atoms with E-state index in [1.165, 1.54) is 24.3 Å². The molecule has 0 bridgehead atoms. The topological polar surface area (TPSA) is 27.7 Å². The molecule has 25 heavy (non-hydrogen) atoms. The molecule has 2 heterocycles. The number of halogens is 2. The Morgan fingerprint density at radius 2 is 1.96 bits per heavy atom. The highest BCUT2D eigenvalue weighted by atomic mass is 32.2. The van der Waals surface area contributed by atoms with Gasteiger partial charge in [-0.05, 0) is 30.7 Å². The summed E-state index contributed by atoms with van der Waals surface area (Å²) in [5.41, 5.74) is 2.29. The van der Waals surface area contributed by atoms with Crippen LogP contribution in [-0.4, -0.2) is 32.3 Å². The fraction of sp³-hybridized carbons (Fsp3) is 0.333. The fourth-order valence-corrected chi connectivity index (χ4v) is 4.19. The van der Waals surface area contributed by atoms with Crippen molar-refractivity contribution in [3.05, 3.63) is 54.1 Å². The van der Waals surface area contributed by atoms with Crippen LogP contribution in [0.5, 0.6) is 0 Å². The lowest BCUT2D eigenvalue weighted by Crippen LogP contribution is -2.39. The monoisotopic (exact) mass is 363 g/mol. The summed E-state index contributed by atoms with van der Waals surface area (Å²) in [5, 5.41) is 3.33. The van der Waals surface area contributed by atoms with E-state index in [9.17, 15) is 8.78 Å². The van der Waals surface area contributed by atoms with Crippen molar-refractivity contribution in [3.63, 3.8) is 0 Å². The molecular formula is C18H19F2N3OS. The van der Waals surface area contributed by atoms with E-state index >= 15 is 0 Å². The first kappa shape index (κ1) is 16.6. The zero-order valence-electron chi connectivity index (χ0n) is 13.6. The molecule has 1 atom stereocenters. The third-order valence-corrected chi connectivity index (χ3v) is 5.47. The van der Waals surface area contributed by atoms with Crippen LogP contribution in [0.4, 0.5) is 25.8 Å². The summed E-state index contributed by atoms with van der Waals surface area (Å²) in [7, 11) is 0. The first-order valence-corrected chi connectivity index (χ1v) is 9.07. The molecule has 0 saturated carbocycles. The van der Waals surface area contributed by atoms with Crippen molar-refractivity contribution in [2.45, 2.75) is 12.5 Å². The summed E-state index contributed by atoms with van der Waals surface area (Å²) < 4.78 is 37.2. The first-order chi connectivity index (χ1) is 12.2. The number of morpholine rings is 1. The summed E-state index contributed by atoms with van der Waals surface area (Å²) in [6, 6.07) is 11.5. The van der Waals surface area contributed by atoms with Gasteiger partial charge in [0.05, 0.1) is 41.9 Å². The molecule has 2 aliphatic rings. The predicted octanol–water partition coefficient (Wildman–Crippen LogP) is 3.86. The second kappa shape index (κ2) is 7.19. The molecule has 0 aromatic heterocycles. The molecule has 2 aromatic rings. The number of rotatable bonds is 4. The smallest absolute Gasteiger partial charge is 0.150 e. The molecule has 0 radical (unpaired) electrons. The quantitative estimate of drug-likeness (QED) is 0.833. The molecule has 2 aromatic carbocycles. The van der Waals surface area contributed by atoms with Crippen LogP contribution in [0.25, 0.3) is 0 Å². The second-order valence-electron chi connectivity index (χ2n) is 6.05. The molecule has 1 fully saturated rings. The van der Waals surface area contributed by atoms with Crippen LogP contribution in [0.3, 0.4) is 0 Å². The lowest BCUT2D eigenvalue weighted by molar-refractivity contribution is 0.0254. The average molecular weight is 363 g/mol. The molecule has 0 aliphatic carbocycles. The van der Waals surface area contributed by atoms with Gasteiger partial charge in [0.15, 0.2) is 5.82 Å². The van der Waals surface area contributed by atoms with E-state index in [-0.39, 0.29) is 6.10 Å². The molecule has 7 heteroatoms. The zero-order chi connectivity index (χ0) is 17.2. The number of ether oxygens (including phenoxy) is 1. The van der Waals surface area contributed by atoms with E-state index in [4.69, 9.17) is 4.74 Å². The number of nitrogens with zero attached hydrogens (tertiary/aromatic N) is 2. The van der Waals surface area contributed by atoms with Crippen molar-refractivity contribution in [2.24, 2.45) is 0 Å². The van der Waals surface area contributed by atoms with Crippen molar-refractivity contribution in [1.82, 2.24) is 5.32 Å². The summed E-state index contributed by atoms with van der Waals surface area (Å²) in [5.74, 6) is -1.14. The highest BCUT2D eigenvalue weighted by Crippen LogP contribution is 2.49. The zero-order valence-corrected chi connectivity index (χ0v) is 14.4. The second-order valence-corrected chi connectivity index (χ2v) is 7.02. The Morgan fingerprint density at radius 3 is 2.72 bits per heavy atom. The molecule has 1 saturated heterocycles. The summed E-state index contributed by atoms with van der Waals surface area (Å²) in [4.78, 5) is 0. The van der Waals surface area contributed by atoms with Gasteiger partial charge in [-0.15, -0.1) is 0 Å². The van der Waals surface area contributed by atoms with E-state index in [1.807, 2.05) is 28.6 Å². The Morgan fingerprint density at radius 1 is 1.12 bits per heavy atom. The van der Waals surface area contributed by atoms with Crippen LogP contribution in [0.1, 0.15) is 6.42 Å². The molecule has 0 spiro atoms. The van der Waals surface area contributed by atoms with Crippen molar-refractivity contribution >= 4 is 29.2 Å². The van der Waals surface area contributed by atoms with Crippen LogP contribution in [0.15, 0.2) is 42.5 Å². The normalized spacial score (nSPS) is 20.0. The first-order valence-electron chi connectivity index (χ1n) is 8.34. The molecule has 4 nitrogen and oxygen atoms in total. The number of nitrogens with one attached hydrogen (secondary N) is 1. The van der Waals surface area contributed by atoms with Gasteiger partial charge in [-0.25, -0.2) is 8.78 Å². The lowest BCUT2D eigenvalue weighted by atomic mass is 10.2. The Labute approximate surface area is 150 Å². The van der Waals surface area contributed by atoms with Gasteiger partial charge >= 0.3 is 0 Å². The standard InChI is InChI=1S/C18H19F2N3OS/c19-13-5-6-16(15(20)11-13)23-18-4-2-1-3-17(18)22(25-23)9-7-14-12-21-8-10-24-14/h1-6,11,14,21H,7-10,12H2/t14-/m0/s1. The lowest BCUT2D eigenvalue weighted by Gasteiger charge is -2.26. The van der Waals surface area contributed by atoms with Gasteiger partial charge in [-0.1, -0.05) is 12.1 Å². The van der Waals surface area contributed by atoms with E-state index in [0.717, 1.165) is 50.1 Å². The van der Waals surface area contributed by atoms with Gasteiger partial charge in [-0.2, -0.15) is 0 Å². The minimum absolute atomic E-state index is 0.193. The predicted molar refractivity (Wildman–Crippen MR) is 97.1 cm³/mol. The Hall–Kier alpha value is -1.83. The molecule has 132 valence electrons. The SMILES string of the molecule is Fc1ccc(N2SN(CC[C@H]3CNCCO3)c3ccccc32)c(F)c1. The van der Waals surface area contributed by atoms with E-state index in [2.05, 4.69) is 9.62 Å². The van der Waals surface area contributed by atoms with E-state index in [0.29, 0.717) is 5.69 Å². The number of hydrogen-bond acceptors (Lipinski definition) is 5. The maximum Gasteiger partial charge on any atom is 0.150 e. The van der Waals surface area contributed by atoms with E-state index in [1.54, 1.807) is 0 Å². The van der Waals surface area contributed by atoms with Crippen LogP contribution in [0, 0.1) is 11.6 Å². The number of fused-ring (bicyclic) bond motifs is 1. The van der Waals surface area contributed by atoms with Crippen LogP contribution in [0.2, 0.25) is 0 Å². The molecular weight excluding hydrogens is 344 g/mol. The van der Waals surface area contributed by atoms with Gasteiger partial charge < -0.3 is 10.1 Å². The minimum Gasteiger partial charge on any atom is -0.376 e. The largest absolute Gasteiger partial charge is 0.376 e. The van der Waals surface area contributed by atoms with Gasteiger partial charge in [-0.3, -0.25) is 8.61 Å². The number of benzene rings is 2. The average Bonchev–Trinajstić information content (AvgIpc) is 3.00. The fourth-order valence-electron chi connectivity index (χ4n) is 3.08. The summed E-state index contributed by atoms with van der Waals surface area (Å²) in [6.45, 7) is 3.28. The number of hydrogen-bond donors (Lipinski definition) is 1. The van der Waals surface area contributed by atoms with Crippen molar-refractivity contribution in [2.75, 3.05) is 34.9 Å². The Balaban J connectivity index is 1.55. The number of para-hydroxylation sites is 2. The third kappa shape index (κ3) is 3.44. The van der Waals surface area contributed by atoms with Crippen LogP contribution >= 0.6 is 12.1 Å². The molecule has 4 rings (SSSR count). The number of anilines is 3. The maximum atomic E-state index is 14.3. The van der Waals surface area contributed by atoms with E-state index < -0.39 is 11.6 Å². The highest BCUT2D eigenvalue weighted by molar-refractivity contribution is 8.02. The summed E-state index contributed by atoms with van der Waals surface area (Å²) >= 11 is 1.43. The molecule has 2 aliphatic heterocycles. The van der Waals surface area contributed by atoms with Gasteiger partial charge in [0, 0.05) is 25.7 Å². The van der Waals surface area contributed by atoms with Gasteiger partial charge in [0.1, 0.15) is 5.82 Å². The molecule has 1 N–H and O–H groups in total. The third-order valence-electron chi connectivity index (χ3n) is 4.34. The van der Waals surface area contributed by atoms with Crippen LogP contribution < -0.4 is 13.9 Å². The van der Waals surface area contributed by atoms with Gasteiger partial charge in [0.25, 0.3) is 0 Å². The van der Waals surface area contributed by atoms with Crippen molar-refractivity contribution < 1.29 is 13.5 Å². The minimum atomic E-state index is -0.572. The Kier molecular flexibility index (Phi) is 4.78. The van der Waals surface area contributed by atoms with Crippen LogP contribution in [-0.2, 0) is 4.74 Å². The van der Waals surface area contributed by atoms with Gasteiger partial charge in [0.2, 0.25) is 0 Å². The maximum absolute atomic E-state index is 14.3. The molecule has 0 unspecified atom stereocenters. The van der Waals surface area contributed by atoms with Crippen molar-refractivity contribution in [1.29, 1.82) is 0 Å². The Bertz CT molecular complexity index is 755.